The number of benzene rings is 1. The monoisotopic (exact) mass is 331 g/mol. The Morgan fingerprint density at radius 1 is 1.48 bits per heavy atom. The molecule has 6 heteroatoms. The first-order valence-electron chi connectivity index (χ1n) is 7.86. The maximum Gasteiger partial charge on any atom is 0.257 e. The lowest BCUT2D eigenvalue weighted by atomic mass is 10.2. The predicted octanol–water partition coefficient (Wildman–Crippen LogP) is 3.17. The molecule has 23 heavy (non-hydrogen) atoms. The second-order valence-corrected chi connectivity index (χ2v) is 6.68. The van der Waals surface area contributed by atoms with E-state index in [2.05, 4.69) is 22.1 Å². The summed E-state index contributed by atoms with van der Waals surface area (Å²) in [5, 5.41) is 3.59. The van der Waals surface area contributed by atoms with Crippen LogP contribution in [0.2, 0.25) is 0 Å². The van der Waals surface area contributed by atoms with Gasteiger partial charge in [-0.3, -0.25) is 15.0 Å². The summed E-state index contributed by atoms with van der Waals surface area (Å²) in [5.74, 6) is 0.520. The molecule has 1 aliphatic rings. The molecule has 2 heterocycles. The summed E-state index contributed by atoms with van der Waals surface area (Å²) in [7, 11) is 1.59. The Hall–Kier alpha value is -1.92. The minimum absolute atomic E-state index is 0.152. The number of anilines is 1. The number of carbonyl (C=O) groups is 1. The van der Waals surface area contributed by atoms with Crippen LogP contribution in [-0.2, 0) is 13.0 Å². The molecule has 1 aromatic carbocycles. The van der Waals surface area contributed by atoms with Gasteiger partial charge in [0.1, 0.15) is 5.75 Å². The van der Waals surface area contributed by atoms with Crippen molar-refractivity contribution in [2.45, 2.75) is 26.3 Å². The first kappa shape index (κ1) is 16.0. The number of aromatic nitrogens is 1. The Bertz CT molecular complexity index is 699. The largest absolute Gasteiger partial charge is 0.497 e. The molecule has 0 fully saturated rings. The lowest BCUT2D eigenvalue weighted by Gasteiger charge is -2.24. The van der Waals surface area contributed by atoms with Crippen molar-refractivity contribution in [1.29, 1.82) is 0 Å². The molecule has 0 spiro atoms. The van der Waals surface area contributed by atoms with Crippen molar-refractivity contribution in [2.75, 3.05) is 25.5 Å². The molecular formula is C17H21N3O2S. The van der Waals surface area contributed by atoms with Gasteiger partial charge in [-0.25, -0.2) is 4.98 Å². The molecule has 0 saturated heterocycles. The normalized spacial score (nSPS) is 14.3. The molecular weight excluding hydrogens is 310 g/mol. The Kier molecular flexibility index (Phi) is 4.93. The zero-order valence-corrected chi connectivity index (χ0v) is 14.3. The topological polar surface area (TPSA) is 54.5 Å². The second-order valence-electron chi connectivity index (χ2n) is 5.60. The number of hydrogen-bond donors (Lipinski definition) is 1. The average molecular weight is 331 g/mol. The van der Waals surface area contributed by atoms with Gasteiger partial charge in [0.15, 0.2) is 5.13 Å². The molecule has 1 aliphatic heterocycles. The van der Waals surface area contributed by atoms with Crippen LogP contribution in [0.15, 0.2) is 24.3 Å². The SMILES string of the molecule is CCCN1CCc2nc(NC(=O)c3cccc(OC)c3)sc2C1. The highest BCUT2D eigenvalue weighted by molar-refractivity contribution is 7.15. The van der Waals surface area contributed by atoms with Crippen LogP contribution in [0.25, 0.3) is 0 Å². The van der Waals surface area contributed by atoms with Gasteiger partial charge in [0.05, 0.1) is 12.8 Å². The van der Waals surface area contributed by atoms with Crippen molar-refractivity contribution in [3.05, 3.63) is 40.4 Å². The molecule has 0 unspecified atom stereocenters. The highest BCUT2D eigenvalue weighted by Crippen LogP contribution is 2.28. The zero-order valence-electron chi connectivity index (χ0n) is 13.5. The van der Waals surface area contributed by atoms with Crippen LogP contribution in [0.4, 0.5) is 5.13 Å². The van der Waals surface area contributed by atoms with E-state index in [9.17, 15) is 4.79 Å². The third-order valence-corrected chi connectivity index (χ3v) is 4.90. The fraction of sp³-hybridized carbons (Fsp3) is 0.412. The van der Waals surface area contributed by atoms with Gasteiger partial charge in [-0.15, -0.1) is 11.3 Å². The number of rotatable bonds is 5. The number of hydrogen-bond acceptors (Lipinski definition) is 5. The highest BCUT2D eigenvalue weighted by atomic mass is 32.1. The van der Waals surface area contributed by atoms with Crippen LogP contribution in [0, 0.1) is 0 Å². The summed E-state index contributed by atoms with van der Waals surface area (Å²) in [6.07, 6.45) is 2.12. The molecule has 1 aromatic heterocycles. The van der Waals surface area contributed by atoms with Crippen molar-refractivity contribution in [3.63, 3.8) is 0 Å². The number of ether oxygens (including phenoxy) is 1. The summed E-state index contributed by atoms with van der Waals surface area (Å²) in [6.45, 7) is 5.30. The molecule has 0 saturated carbocycles. The third-order valence-electron chi connectivity index (χ3n) is 3.90. The molecule has 122 valence electrons. The fourth-order valence-electron chi connectivity index (χ4n) is 2.74. The van der Waals surface area contributed by atoms with E-state index < -0.39 is 0 Å². The molecule has 0 radical (unpaired) electrons. The maximum absolute atomic E-state index is 12.4. The molecule has 0 aliphatic carbocycles. The predicted molar refractivity (Wildman–Crippen MR) is 92.3 cm³/mol. The van der Waals surface area contributed by atoms with E-state index in [1.807, 2.05) is 12.1 Å². The Morgan fingerprint density at radius 3 is 3.13 bits per heavy atom. The van der Waals surface area contributed by atoms with Crippen LogP contribution >= 0.6 is 11.3 Å². The smallest absolute Gasteiger partial charge is 0.257 e. The number of nitrogens with one attached hydrogen (secondary N) is 1. The first-order valence-corrected chi connectivity index (χ1v) is 8.67. The Balaban J connectivity index is 1.70. The van der Waals surface area contributed by atoms with Gasteiger partial charge in [-0.05, 0) is 31.2 Å². The maximum atomic E-state index is 12.4. The van der Waals surface area contributed by atoms with E-state index in [4.69, 9.17) is 4.74 Å². The minimum atomic E-state index is -0.152. The molecule has 1 N–H and O–H groups in total. The van der Waals surface area contributed by atoms with Crippen LogP contribution in [-0.4, -0.2) is 36.0 Å². The van der Waals surface area contributed by atoms with Crippen molar-refractivity contribution >= 4 is 22.4 Å². The van der Waals surface area contributed by atoms with Crippen LogP contribution < -0.4 is 10.1 Å². The van der Waals surface area contributed by atoms with Gasteiger partial charge in [0.2, 0.25) is 0 Å². The molecule has 3 rings (SSSR count). The summed E-state index contributed by atoms with van der Waals surface area (Å²) < 4.78 is 5.16. The molecule has 1 amide bonds. The van der Waals surface area contributed by atoms with Crippen molar-refractivity contribution in [2.24, 2.45) is 0 Å². The Labute approximate surface area is 140 Å². The fourth-order valence-corrected chi connectivity index (χ4v) is 3.79. The van der Waals surface area contributed by atoms with E-state index in [0.29, 0.717) is 16.4 Å². The Morgan fingerprint density at radius 2 is 2.35 bits per heavy atom. The lowest BCUT2D eigenvalue weighted by molar-refractivity contribution is 0.102. The number of methoxy groups -OCH3 is 1. The number of amides is 1. The highest BCUT2D eigenvalue weighted by Gasteiger charge is 2.21. The van der Waals surface area contributed by atoms with Gasteiger partial charge < -0.3 is 4.74 Å². The molecule has 5 nitrogen and oxygen atoms in total. The zero-order chi connectivity index (χ0) is 16.2. The number of nitrogens with zero attached hydrogens (tertiary/aromatic N) is 2. The van der Waals surface area contributed by atoms with Gasteiger partial charge in [0.25, 0.3) is 5.91 Å². The van der Waals surface area contributed by atoms with Gasteiger partial charge in [0, 0.05) is 30.0 Å². The summed E-state index contributed by atoms with van der Waals surface area (Å²) in [6, 6.07) is 7.13. The van der Waals surface area contributed by atoms with Gasteiger partial charge in [-0.2, -0.15) is 0 Å². The van der Waals surface area contributed by atoms with E-state index in [1.165, 1.54) is 4.88 Å². The summed E-state index contributed by atoms with van der Waals surface area (Å²) in [4.78, 5) is 20.6. The van der Waals surface area contributed by atoms with Crippen LogP contribution in [0.3, 0.4) is 0 Å². The summed E-state index contributed by atoms with van der Waals surface area (Å²) in [5.41, 5.74) is 1.70. The number of fused-ring (bicyclic) bond motifs is 1. The van der Waals surface area contributed by atoms with Crippen molar-refractivity contribution < 1.29 is 9.53 Å². The molecule has 2 aromatic rings. The molecule has 0 atom stereocenters. The van der Waals surface area contributed by atoms with E-state index in [1.54, 1.807) is 30.6 Å². The first-order chi connectivity index (χ1) is 11.2. The average Bonchev–Trinajstić information content (AvgIpc) is 2.96. The van der Waals surface area contributed by atoms with Crippen LogP contribution in [0.1, 0.15) is 34.3 Å². The van der Waals surface area contributed by atoms with Crippen molar-refractivity contribution in [3.8, 4) is 5.75 Å². The third kappa shape index (κ3) is 3.71. The van der Waals surface area contributed by atoms with E-state index in [0.717, 1.165) is 38.2 Å². The van der Waals surface area contributed by atoms with E-state index in [-0.39, 0.29) is 5.91 Å². The van der Waals surface area contributed by atoms with Gasteiger partial charge in [-0.1, -0.05) is 13.0 Å². The van der Waals surface area contributed by atoms with E-state index >= 15 is 0 Å². The molecule has 0 bridgehead atoms. The quantitative estimate of drug-likeness (QED) is 0.914. The number of carbonyl (C=O) groups excluding carboxylic acids is 1. The second kappa shape index (κ2) is 7.10. The minimum Gasteiger partial charge on any atom is -0.497 e. The number of thiazole rings is 1. The van der Waals surface area contributed by atoms with Crippen molar-refractivity contribution in [1.82, 2.24) is 9.88 Å². The van der Waals surface area contributed by atoms with Gasteiger partial charge >= 0.3 is 0 Å². The lowest BCUT2D eigenvalue weighted by Crippen LogP contribution is -2.30. The summed E-state index contributed by atoms with van der Waals surface area (Å²) >= 11 is 1.58. The standard InChI is InChI=1S/C17H21N3O2S/c1-3-8-20-9-7-14-15(11-20)23-17(18-14)19-16(21)12-5-4-6-13(10-12)22-2/h4-6,10H,3,7-9,11H2,1-2H3,(H,18,19,21). The van der Waals surface area contributed by atoms with Crippen LogP contribution in [0.5, 0.6) is 5.75 Å².